The number of hydrogen-bond acceptors (Lipinski definition) is 4. The van der Waals surface area contributed by atoms with Crippen LogP contribution in [-0.4, -0.2) is 64.1 Å². The molecular weight excluding hydrogens is 529 g/mol. The van der Waals surface area contributed by atoms with E-state index in [0.29, 0.717) is 19.5 Å². The van der Waals surface area contributed by atoms with Crippen LogP contribution in [0.3, 0.4) is 0 Å². The summed E-state index contributed by atoms with van der Waals surface area (Å²) in [6.45, 7) is 5.72. The molecule has 1 unspecified atom stereocenters. The number of hydrogen-bond donors (Lipinski definition) is 2. The fourth-order valence-corrected chi connectivity index (χ4v) is 4.02. The first-order chi connectivity index (χ1) is 15.7. The van der Waals surface area contributed by atoms with Crippen molar-refractivity contribution in [3.8, 4) is 0 Å². The number of aromatic nitrogens is 3. The van der Waals surface area contributed by atoms with E-state index in [0.717, 1.165) is 49.9 Å². The van der Waals surface area contributed by atoms with Gasteiger partial charge in [-0.25, -0.2) is 0 Å². The highest BCUT2D eigenvalue weighted by atomic mass is 127. The number of carbonyl (C=O) groups is 1. The van der Waals surface area contributed by atoms with Crippen molar-refractivity contribution < 1.29 is 4.79 Å². The minimum atomic E-state index is 0. The third kappa shape index (κ3) is 6.89. The first kappa shape index (κ1) is 24.9. The number of rotatable bonds is 9. The number of nitrogens with one attached hydrogen (secondary N) is 2. The average molecular weight is 561 g/mol. The average Bonchev–Trinajstić information content (AvgIpc) is 3.40. The smallest absolute Gasteiger partial charge is 0.223 e. The Hall–Kier alpha value is -2.69. The SMILES string of the molecule is CCNC(=NCC1CC(=O)N(CCc2ccccc2)C1)NCCc1nnc2ccccn12.I. The molecule has 0 spiro atoms. The molecule has 4 rings (SSSR count). The molecule has 0 saturated carbocycles. The Bertz CT molecular complexity index is 1050. The lowest BCUT2D eigenvalue weighted by Crippen LogP contribution is -2.39. The van der Waals surface area contributed by atoms with Gasteiger partial charge in [0.15, 0.2) is 11.6 Å². The van der Waals surface area contributed by atoms with Gasteiger partial charge >= 0.3 is 0 Å². The first-order valence-electron chi connectivity index (χ1n) is 11.4. The van der Waals surface area contributed by atoms with Crippen molar-refractivity contribution in [3.05, 3.63) is 66.1 Å². The van der Waals surface area contributed by atoms with E-state index in [1.165, 1.54) is 5.56 Å². The van der Waals surface area contributed by atoms with E-state index in [4.69, 9.17) is 4.99 Å². The van der Waals surface area contributed by atoms with Crippen molar-refractivity contribution in [2.45, 2.75) is 26.2 Å². The number of fused-ring (bicyclic) bond motifs is 1. The van der Waals surface area contributed by atoms with Crippen molar-refractivity contribution in [2.24, 2.45) is 10.9 Å². The van der Waals surface area contributed by atoms with Crippen LogP contribution in [0.5, 0.6) is 0 Å². The summed E-state index contributed by atoms with van der Waals surface area (Å²) in [7, 11) is 0. The van der Waals surface area contributed by atoms with E-state index in [-0.39, 0.29) is 35.8 Å². The predicted octanol–water partition coefficient (Wildman–Crippen LogP) is 2.54. The Balaban J connectivity index is 0.00000306. The predicted molar refractivity (Wildman–Crippen MR) is 141 cm³/mol. The lowest BCUT2D eigenvalue weighted by Gasteiger charge is -2.16. The first-order valence-corrected chi connectivity index (χ1v) is 11.4. The highest BCUT2D eigenvalue weighted by Crippen LogP contribution is 2.18. The van der Waals surface area contributed by atoms with Crippen LogP contribution < -0.4 is 10.6 Å². The fourth-order valence-electron chi connectivity index (χ4n) is 4.02. The molecule has 9 heteroatoms. The minimum absolute atomic E-state index is 0. The maximum absolute atomic E-state index is 12.4. The van der Waals surface area contributed by atoms with Gasteiger partial charge in [0, 0.05) is 57.7 Å². The van der Waals surface area contributed by atoms with E-state index in [1.807, 2.05) is 58.8 Å². The van der Waals surface area contributed by atoms with Crippen molar-refractivity contribution in [1.29, 1.82) is 0 Å². The fraction of sp³-hybridized carbons (Fsp3) is 0.417. The molecule has 176 valence electrons. The van der Waals surface area contributed by atoms with E-state index in [2.05, 4.69) is 33.0 Å². The van der Waals surface area contributed by atoms with Crippen LogP contribution in [0.2, 0.25) is 0 Å². The highest BCUT2D eigenvalue weighted by Gasteiger charge is 2.29. The topological polar surface area (TPSA) is 86.9 Å². The van der Waals surface area contributed by atoms with E-state index >= 15 is 0 Å². The van der Waals surface area contributed by atoms with Gasteiger partial charge in [0.25, 0.3) is 0 Å². The molecule has 3 aromatic rings. The summed E-state index contributed by atoms with van der Waals surface area (Å²) in [6.07, 6.45) is 4.18. The second kappa shape index (κ2) is 12.5. The second-order valence-corrected chi connectivity index (χ2v) is 8.09. The molecule has 1 atom stereocenters. The number of halogens is 1. The molecule has 1 amide bonds. The largest absolute Gasteiger partial charge is 0.357 e. The van der Waals surface area contributed by atoms with Gasteiger partial charge in [0.1, 0.15) is 5.82 Å². The lowest BCUT2D eigenvalue weighted by molar-refractivity contribution is -0.127. The molecule has 1 fully saturated rings. The Morgan fingerprint density at radius 1 is 1.09 bits per heavy atom. The van der Waals surface area contributed by atoms with Gasteiger partial charge in [0.05, 0.1) is 0 Å². The summed E-state index contributed by atoms with van der Waals surface area (Å²) in [5, 5.41) is 15.1. The van der Waals surface area contributed by atoms with Gasteiger partial charge in [-0.15, -0.1) is 34.2 Å². The summed E-state index contributed by atoms with van der Waals surface area (Å²) in [5.74, 6) is 2.18. The number of amides is 1. The summed E-state index contributed by atoms with van der Waals surface area (Å²) in [5.41, 5.74) is 2.12. The van der Waals surface area contributed by atoms with E-state index < -0.39 is 0 Å². The van der Waals surface area contributed by atoms with Gasteiger partial charge in [-0.3, -0.25) is 14.2 Å². The normalized spacial score (nSPS) is 16.2. The number of guanidine groups is 1. The van der Waals surface area contributed by atoms with Crippen LogP contribution in [0.15, 0.2) is 59.7 Å². The number of likely N-dealkylation sites (tertiary alicyclic amines) is 1. The zero-order chi connectivity index (χ0) is 22.2. The number of carbonyl (C=O) groups excluding carboxylic acids is 1. The Morgan fingerprint density at radius 2 is 1.91 bits per heavy atom. The quantitative estimate of drug-likeness (QED) is 0.238. The molecule has 0 bridgehead atoms. The van der Waals surface area contributed by atoms with Crippen molar-refractivity contribution in [3.63, 3.8) is 0 Å². The number of aliphatic imine (C=N–C) groups is 1. The molecule has 33 heavy (non-hydrogen) atoms. The van der Waals surface area contributed by atoms with Gasteiger partial charge in [-0.05, 0) is 31.0 Å². The summed E-state index contributed by atoms with van der Waals surface area (Å²) < 4.78 is 2.00. The van der Waals surface area contributed by atoms with Crippen LogP contribution in [0.4, 0.5) is 0 Å². The zero-order valence-corrected chi connectivity index (χ0v) is 21.3. The van der Waals surface area contributed by atoms with Crippen molar-refractivity contribution in [2.75, 3.05) is 32.7 Å². The summed E-state index contributed by atoms with van der Waals surface area (Å²) in [4.78, 5) is 19.1. The number of benzene rings is 1. The summed E-state index contributed by atoms with van der Waals surface area (Å²) in [6, 6.07) is 16.2. The van der Waals surface area contributed by atoms with Gasteiger partial charge in [-0.2, -0.15) is 0 Å². The Morgan fingerprint density at radius 3 is 2.73 bits per heavy atom. The molecule has 2 aromatic heterocycles. The summed E-state index contributed by atoms with van der Waals surface area (Å²) >= 11 is 0. The molecule has 2 N–H and O–H groups in total. The number of pyridine rings is 1. The standard InChI is InChI=1S/C24H31N7O.HI/c1-2-25-24(26-13-11-22-29-28-21-10-6-7-14-31(21)22)27-17-20-16-23(32)30(18-20)15-12-19-8-4-3-5-9-19;/h3-10,14,20H,2,11-13,15-18H2,1H3,(H2,25,26,27);1H. The third-order valence-electron chi connectivity index (χ3n) is 5.69. The molecular formula is C24H32IN7O. The molecule has 1 aliphatic heterocycles. The minimum Gasteiger partial charge on any atom is -0.357 e. The monoisotopic (exact) mass is 561 g/mol. The van der Waals surface area contributed by atoms with E-state index in [9.17, 15) is 4.79 Å². The molecule has 1 aliphatic rings. The Kier molecular flexibility index (Phi) is 9.47. The Labute approximate surface area is 211 Å². The van der Waals surface area contributed by atoms with Gasteiger partial charge in [-0.1, -0.05) is 36.4 Å². The van der Waals surface area contributed by atoms with Gasteiger partial charge < -0.3 is 15.5 Å². The van der Waals surface area contributed by atoms with Crippen LogP contribution in [0, 0.1) is 5.92 Å². The maximum atomic E-state index is 12.4. The molecule has 0 radical (unpaired) electrons. The molecule has 1 aromatic carbocycles. The van der Waals surface area contributed by atoms with E-state index in [1.54, 1.807) is 0 Å². The van der Waals surface area contributed by atoms with Crippen molar-refractivity contribution >= 4 is 41.5 Å². The van der Waals surface area contributed by atoms with Gasteiger partial charge in [0.2, 0.25) is 5.91 Å². The molecule has 8 nitrogen and oxygen atoms in total. The van der Waals surface area contributed by atoms with Crippen LogP contribution in [-0.2, 0) is 17.6 Å². The third-order valence-corrected chi connectivity index (χ3v) is 5.69. The lowest BCUT2D eigenvalue weighted by atomic mass is 10.1. The second-order valence-electron chi connectivity index (χ2n) is 8.09. The maximum Gasteiger partial charge on any atom is 0.223 e. The van der Waals surface area contributed by atoms with Crippen LogP contribution >= 0.6 is 24.0 Å². The molecule has 1 saturated heterocycles. The zero-order valence-electron chi connectivity index (χ0n) is 19.0. The molecule has 0 aliphatic carbocycles. The van der Waals surface area contributed by atoms with Crippen LogP contribution in [0.1, 0.15) is 24.7 Å². The highest BCUT2D eigenvalue weighted by molar-refractivity contribution is 14.0. The van der Waals surface area contributed by atoms with Crippen molar-refractivity contribution in [1.82, 2.24) is 30.1 Å². The molecule has 3 heterocycles. The van der Waals surface area contributed by atoms with Crippen LogP contribution in [0.25, 0.3) is 5.65 Å². The number of nitrogens with zero attached hydrogens (tertiary/aromatic N) is 5.